The first-order valence-corrected chi connectivity index (χ1v) is 8.70. The lowest BCUT2D eigenvalue weighted by atomic mass is 10.1. The monoisotopic (exact) mass is 398 g/mol. The van der Waals surface area contributed by atoms with Crippen molar-refractivity contribution in [3.05, 3.63) is 76.3 Å². The summed E-state index contributed by atoms with van der Waals surface area (Å²) in [5.74, 6) is -0.916. The summed E-state index contributed by atoms with van der Waals surface area (Å²) in [6, 6.07) is 12.3. The van der Waals surface area contributed by atoms with Crippen molar-refractivity contribution in [2.45, 2.75) is 13.8 Å². The Kier molecular flexibility index (Phi) is 5.65. The predicted molar refractivity (Wildman–Crippen MR) is 106 cm³/mol. The Morgan fingerprint density at radius 2 is 1.82 bits per heavy atom. The molecular formula is C20H16ClFN4O2. The highest BCUT2D eigenvalue weighted by molar-refractivity contribution is 6.31. The van der Waals surface area contributed by atoms with Crippen LogP contribution in [0.5, 0.6) is 0 Å². The molecule has 0 aliphatic heterocycles. The van der Waals surface area contributed by atoms with Crippen LogP contribution in [0.3, 0.4) is 0 Å². The molecule has 0 unspecified atom stereocenters. The molecule has 0 saturated carbocycles. The van der Waals surface area contributed by atoms with E-state index in [1.54, 1.807) is 31.2 Å². The molecule has 1 aromatic heterocycles. The second kappa shape index (κ2) is 8.14. The van der Waals surface area contributed by atoms with E-state index in [4.69, 9.17) is 11.6 Å². The maximum Gasteiger partial charge on any atom is 0.274 e. The third-order valence-electron chi connectivity index (χ3n) is 3.79. The predicted octanol–water partition coefficient (Wildman–Crippen LogP) is 4.78. The van der Waals surface area contributed by atoms with Crippen LogP contribution >= 0.6 is 11.6 Å². The van der Waals surface area contributed by atoms with Crippen molar-refractivity contribution < 1.29 is 14.0 Å². The second-order valence-electron chi connectivity index (χ2n) is 6.06. The molecule has 142 valence electrons. The molecule has 0 bridgehead atoms. The van der Waals surface area contributed by atoms with E-state index in [0.29, 0.717) is 22.6 Å². The molecule has 0 spiro atoms. The molecule has 3 aromatic rings. The van der Waals surface area contributed by atoms with E-state index >= 15 is 0 Å². The number of nitrogens with zero attached hydrogens (tertiary/aromatic N) is 2. The Bertz CT molecular complexity index is 1070. The fourth-order valence-electron chi connectivity index (χ4n) is 2.45. The van der Waals surface area contributed by atoms with E-state index in [1.165, 1.54) is 31.2 Å². The zero-order chi connectivity index (χ0) is 20.3. The van der Waals surface area contributed by atoms with Gasteiger partial charge in [-0.2, -0.15) is 0 Å². The summed E-state index contributed by atoms with van der Waals surface area (Å²) < 4.78 is 13.3. The maximum atomic E-state index is 13.3. The quantitative estimate of drug-likeness (QED) is 0.604. The van der Waals surface area contributed by atoms with E-state index in [-0.39, 0.29) is 22.4 Å². The van der Waals surface area contributed by atoms with Gasteiger partial charge < -0.3 is 10.6 Å². The van der Waals surface area contributed by atoms with Gasteiger partial charge in [-0.25, -0.2) is 14.4 Å². The van der Waals surface area contributed by atoms with E-state index in [9.17, 15) is 14.0 Å². The summed E-state index contributed by atoms with van der Waals surface area (Å²) in [5.41, 5.74) is 2.16. The van der Waals surface area contributed by atoms with E-state index in [0.717, 1.165) is 0 Å². The number of Topliss-reactive ketones (excluding diaryl/α,β-unsaturated/α-hetero) is 1. The Balaban J connectivity index is 1.82. The molecule has 0 saturated heterocycles. The van der Waals surface area contributed by atoms with Gasteiger partial charge >= 0.3 is 0 Å². The molecule has 1 amide bonds. The van der Waals surface area contributed by atoms with Gasteiger partial charge in [-0.3, -0.25) is 9.59 Å². The third-order valence-corrected chi connectivity index (χ3v) is 4.08. The van der Waals surface area contributed by atoms with Gasteiger partial charge in [0.15, 0.2) is 5.78 Å². The number of carbonyl (C=O) groups is 2. The highest BCUT2D eigenvalue weighted by Gasteiger charge is 2.12. The Morgan fingerprint density at radius 1 is 1.04 bits per heavy atom. The summed E-state index contributed by atoms with van der Waals surface area (Å²) in [6.45, 7) is 3.17. The van der Waals surface area contributed by atoms with Crippen molar-refractivity contribution in [3.8, 4) is 0 Å². The van der Waals surface area contributed by atoms with Gasteiger partial charge in [0.2, 0.25) is 5.95 Å². The molecule has 1 heterocycles. The fraction of sp³-hybridized carbons (Fsp3) is 0.100. The van der Waals surface area contributed by atoms with Crippen LogP contribution in [0.2, 0.25) is 5.02 Å². The van der Waals surface area contributed by atoms with Crippen molar-refractivity contribution in [2.24, 2.45) is 0 Å². The number of halogens is 2. The summed E-state index contributed by atoms with van der Waals surface area (Å²) in [5, 5.41) is 5.57. The van der Waals surface area contributed by atoms with Crippen LogP contribution in [0, 0.1) is 12.7 Å². The van der Waals surface area contributed by atoms with Crippen molar-refractivity contribution in [1.29, 1.82) is 0 Å². The van der Waals surface area contributed by atoms with Gasteiger partial charge in [0.25, 0.3) is 5.91 Å². The van der Waals surface area contributed by atoms with Crippen LogP contribution in [0.1, 0.15) is 33.5 Å². The average Bonchev–Trinajstić information content (AvgIpc) is 2.64. The summed E-state index contributed by atoms with van der Waals surface area (Å²) >= 11 is 5.77. The number of carbonyl (C=O) groups excluding carboxylic acids is 2. The molecule has 8 heteroatoms. The normalized spacial score (nSPS) is 10.4. The second-order valence-corrected chi connectivity index (χ2v) is 6.47. The lowest BCUT2D eigenvalue weighted by Crippen LogP contribution is -2.15. The minimum absolute atomic E-state index is 0.0408. The van der Waals surface area contributed by atoms with Crippen molar-refractivity contribution >= 4 is 40.6 Å². The minimum Gasteiger partial charge on any atom is -0.324 e. The number of benzene rings is 2. The van der Waals surface area contributed by atoms with Gasteiger partial charge in [0, 0.05) is 22.6 Å². The number of amides is 1. The first kappa shape index (κ1) is 19.4. The minimum atomic E-state index is -0.537. The van der Waals surface area contributed by atoms with Crippen LogP contribution < -0.4 is 10.6 Å². The van der Waals surface area contributed by atoms with Gasteiger partial charge in [0.05, 0.1) is 5.02 Å². The summed E-state index contributed by atoms with van der Waals surface area (Å²) in [4.78, 5) is 32.5. The van der Waals surface area contributed by atoms with Crippen molar-refractivity contribution in [2.75, 3.05) is 10.6 Å². The molecule has 3 rings (SSSR count). The topological polar surface area (TPSA) is 84.0 Å². The lowest BCUT2D eigenvalue weighted by molar-refractivity contribution is 0.100. The molecule has 2 N–H and O–H groups in total. The van der Waals surface area contributed by atoms with Gasteiger partial charge in [-0.15, -0.1) is 0 Å². The zero-order valence-corrected chi connectivity index (χ0v) is 15.8. The highest BCUT2D eigenvalue weighted by atomic mass is 35.5. The smallest absolute Gasteiger partial charge is 0.274 e. The number of aromatic nitrogens is 2. The Morgan fingerprint density at radius 3 is 2.54 bits per heavy atom. The van der Waals surface area contributed by atoms with Gasteiger partial charge in [-0.1, -0.05) is 23.7 Å². The molecule has 0 aliphatic rings. The number of hydrogen-bond acceptors (Lipinski definition) is 5. The van der Waals surface area contributed by atoms with Crippen LogP contribution in [-0.2, 0) is 0 Å². The number of hydrogen-bond donors (Lipinski definition) is 2. The maximum absolute atomic E-state index is 13.3. The molecule has 28 heavy (non-hydrogen) atoms. The number of ketones is 1. The number of aryl methyl sites for hydroxylation is 1. The summed E-state index contributed by atoms with van der Waals surface area (Å²) in [6.07, 6.45) is 0. The van der Waals surface area contributed by atoms with Crippen LogP contribution in [0.25, 0.3) is 0 Å². The molecule has 6 nitrogen and oxygen atoms in total. The van der Waals surface area contributed by atoms with E-state index in [2.05, 4.69) is 20.6 Å². The Labute approximate surface area is 165 Å². The largest absolute Gasteiger partial charge is 0.324 e. The molecular weight excluding hydrogens is 383 g/mol. The standard InChI is InChI=1S/C20H16ClFN4O2/c1-11-8-18(19(28)24-14-5-3-4-13(9-14)12(2)27)26-20(23-11)25-15-6-7-17(22)16(21)10-15/h3-10H,1-2H3,(H,24,28)(H,23,25,26). The van der Waals surface area contributed by atoms with Crippen molar-refractivity contribution in [1.82, 2.24) is 9.97 Å². The van der Waals surface area contributed by atoms with Gasteiger partial charge in [-0.05, 0) is 50.2 Å². The van der Waals surface area contributed by atoms with E-state index < -0.39 is 11.7 Å². The van der Waals surface area contributed by atoms with Crippen molar-refractivity contribution in [3.63, 3.8) is 0 Å². The van der Waals surface area contributed by atoms with Crippen LogP contribution in [-0.4, -0.2) is 21.7 Å². The fourth-order valence-corrected chi connectivity index (χ4v) is 2.64. The van der Waals surface area contributed by atoms with E-state index in [1.807, 2.05) is 0 Å². The molecule has 0 fully saturated rings. The molecule has 2 aromatic carbocycles. The number of rotatable bonds is 5. The third kappa shape index (κ3) is 4.69. The van der Waals surface area contributed by atoms with Crippen LogP contribution in [0.15, 0.2) is 48.5 Å². The first-order chi connectivity index (χ1) is 13.3. The lowest BCUT2D eigenvalue weighted by Gasteiger charge is -2.10. The molecule has 0 radical (unpaired) electrons. The zero-order valence-electron chi connectivity index (χ0n) is 15.1. The summed E-state index contributed by atoms with van der Waals surface area (Å²) in [7, 11) is 0. The highest BCUT2D eigenvalue weighted by Crippen LogP contribution is 2.22. The molecule has 0 atom stereocenters. The molecule has 0 aliphatic carbocycles. The number of anilines is 3. The average molecular weight is 399 g/mol. The van der Waals surface area contributed by atoms with Crippen LogP contribution in [0.4, 0.5) is 21.7 Å². The Hall–Kier alpha value is -3.32. The first-order valence-electron chi connectivity index (χ1n) is 8.32. The SMILES string of the molecule is CC(=O)c1cccc(NC(=O)c2cc(C)nc(Nc3ccc(F)c(Cl)c3)n2)c1. The van der Waals surface area contributed by atoms with Gasteiger partial charge in [0.1, 0.15) is 11.5 Å². The number of nitrogens with one attached hydrogen (secondary N) is 2.